The number of benzene rings is 2. The number of carbonyl (C=O) groups excluding carboxylic acids is 2. The van der Waals surface area contributed by atoms with E-state index in [1.165, 1.54) is 18.2 Å². The van der Waals surface area contributed by atoms with Crippen LogP contribution in [0.4, 0.5) is 14.5 Å². The summed E-state index contributed by atoms with van der Waals surface area (Å²) in [6.07, 6.45) is 1.11. The Morgan fingerprint density at radius 2 is 1.63 bits per heavy atom. The van der Waals surface area contributed by atoms with Crippen molar-refractivity contribution < 1.29 is 33.0 Å². The van der Waals surface area contributed by atoms with Crippen molar-refractivity contribution in [1.82, 2.24) is 4.90 Å². The fourth-order valence-corrected chi connectivity index (χ4v) is 3.68. The summed E-state index contributed by atoms with van der Waals surface area (Å²) in [7, 11) is 0. The number of ether oxygens (including phenoxy) is 2. The zero-order chi connectivity index (χ0) is 21.3. The third-order valence-electron chi connectivity index (χ3n) is 5.24. The minimum absolute atomic E-state index is 0.0917. The van der Waals surface area contributed by atoms with Gasteiger partial charge in [0.1, 0.15) is 17.4 Å². The minimum Gasteiger partial charge on any atom is -0.507 e. The van der Waals surface area contributed by atoms with Crippen molar-refractivity contribution in [3.63, 3.8) is 0 Å². The molecule has 30 heavy (non-hydrogen) atoms. The topological polar surface area (TPSA) is 88.1 Å². The van der Waals surface area contributed by atoms with Crippen molar-refractivity contribution >= 4 is 17.5 Å². The highest BCUT2D eigenvalue weighted by Gasteiger charge is 2.41. The fourth-order valence-electron chi connectivity index (χ4n) is 3.68. The van der Waals surface area contributed by atoms with Crippen molar-refractivity contribution in [2.75, 3.05) is 31.6 Å². The van der Waals surface area contributed by atoms with Crippen LogP contribution in [0.2, 0.25) is 0 Å². The molecule has 0 unspecified atom stereocenters. The fraction of sp³-hybridized carbons (Fsp3) is 0.333. The lowest BCUT2D eigenvalue weighted by atomic mass is 10.0. The Balaban J connectivity index is 1.42. The van der Waals surface area contributed by atoms with E-state index < -0.39 is 23.3 Å². The molecule has 0 saturated carbocycles. The summed E-state index contributed by atoms with van der Waals surface area (Å²) < 4.78 is 37.9. The summed E-state index contributed by atoms with van der Waals surface area (Å²) in [4.78, 5) is 26.6. The molecule has 0 radical (unpaired) electrons. The third-order valence-corrected chi connectivity index (χ3v) is 5.24. The first-order valence-electron chi connectivity index (χ1n) is 9.53. The predicted molar refractivity (Wildman–Crippen MR) is 102 cm³/mol. The molecule has 2 fully saturated rings. The van der Waals surface area contributed by atoms with Crippen molar-refractivity contribution in [2.45, 2.75) is 18.6 Å². The summed E-state index contributed by atoms with van der Waals surface area (Å²) in [5, 5.41) is 12.7. The highest BCUT2D eigenvalue weighted by molar-refractivity contribution is 6.05. The smallest absolute Gasteiger partial charge is 0.257 e. The first kappa shape index (κ1) is 20.2. The molecule has 0 bridgehead atoms. The lowest BCUT2D eigenvalue weighted by Gasteiger charge is -2.37. The van der Waals surface area contributed by atoms with E-state index in [4.69, 9.17) is 9.47 Å². The molecule has 2 aromatic rings. The van der Waals surface area contributed by atoms with Gasteiger partial charge in [0, 0.05) is 49.3 Å². The van der Waals surface area contributed by atoms with Crippen LogP contribution < -0.4 is 5.32 Å². The molecule has 1 spiro atoms. The van der Waals surface area contributed by atoms with E-state index in [1.54, 1.807) is 4.90 Å². The number of rotatable bonds is 3. The number of amides is 2. The molecule has 2 aliphatic heterocycles. The van der Waals surface area contributed by atoms with Crippen LogP contribution in [0.1, 0.15) is 33.6 Å². The number of carbonyl (C=O) groups is 2. The number of likely N-dealkylation sites (tertiary alicyclic amines) is 1. The number of hydrogen-bond donors (Lipinski definition) is 2. The van der Waals surface area contributed by atoms with Crippen LogP contribution in [0.25, 0.3) is 0 Å². The third kappa shape index (κ3) is 4.12. The maximum absolute atomic E-state index is 13.3. The molecule has 2 heterocycles. The number of halogens is 2. The molecule has 2 saturated heterocycles. The largest absolute Gasteiger partial charge is 0.507 e. The maximum Gasteiger partial charge on any atom is 0.257 e. The first-order valence-corrected chi connectivity index (χ1v) is 9.53. The molecular formula is C21H20F2N2O5. The van der Waals surface area contributed by atoms with Gasteiger partial charge in [-0.15, -0.1) is 0 Å². The number of hydrogen-bond acceptors (Lipinski definition) is 5. The number of nitrogens with zero attached hydrogens (tertiary/aromatic N) is 1. The summed E-state index contributed by atoms with van der Waals surface area (Å²) in [5.74, 6) is -3.75. The first-order chi connectivity index (χ1) is 14.3. The molecule has 2 aromatic carbocycles. The molecular weight excluding hydrogens is 398 g/mol. The second kappa shape index (κ2) is 8.00. The number of anilines is 1. The van der Waals surface area contributed by atoms with Gasteiger partial charge in [0.2, 0.25) is 0 Å². The summed E-state index contributed by atoms with van der Waals surface area (Å²) in [6.45, 7) is 1.96. The summed E-state index contributed by atoms with van der Waals surface area (Å²) in [5.41, 5.74) is 0.0730. The van der Waals surface area contributed by atoms with E-state index in [0.717, 1.165) is 12.1 Å². The monoisotopic (exact) mass is 418 g/mol. The van der Waals surface area contributed by atoms with Crippen LogP contribution in [0.3, 0.4) is 0 Å². The molecule has 2 N–H and O–H groups in total. The highest BCUT2D eigenvalue weighted by Crippen LogP contribution is 2.33. The van der Waals surface area contributed by atoms with Gasteiger partial charge >= 0.3 is 0 Å². The standard InChI is InChI=1S/C21H20F2N2O5/c22-14-9-13(10-15(23)11-14)19(27)24-16-1-2-17(18(26)12-16)20(28)25-5-3-21(4-6-25)29-7-8-30-21/h1-2,9-12,26H,3-8H2,(H,24,27). The number of piperidine rings is 1. The van der Waals surface area contributed by atoms with Gasteiger partial charge in [-0.25, -0.2) is 8.78 Å². The van der Waals surface area contributed by atoms with Gasteiger partial charge in [-0.05, 0) is 24.3 Å². The molecule has 0 aliphatic carbocycles. The maximum atomic E-state index is 13.3. The zero-order valence-corrected chi connectivity index (χ0v) is 16.0. The Morgan fingerprint density at radius 3 is 2.23 bits per heavy atom. The van der Waals surface area contributed by atoms with Crippen LogP contribution >= 0.6 is 0 Å². The van der Waals surface area contributed by atoms with Crippen LogP contribution in [-0.4, -0.2) is 53.9 Å². The Bertz CT molecular complexity index is 961. The Kier molecular flexibility index (Phi) is 5.40. The average molecular weight is 418 g/mol. The Hall–Kier alpha value is -3.04. The number of aromatic hydroxyl groups is 1. The summed E-state index contributed by atoms with van der Waals surface area (Å²) >= 11 is 0. The van der Waals surface area contributed by atoms with E-state index in [2.05, 4.69) is 5.32 Å². The SMILES string of the molecule is O=C(Nc1ccc(C(=O)N2CCC3(CC2)OCCO3)c(O)c1)c1cc(F)cc(F)c1. The molecule has 9 heteroatoms. The lowest BCUT2D eigenvalue weighted by molar-refractivity contribution is -0.181. The molecule has 4 rings (SSSR count). The molecule has 0 aromatic heterocycles. The second-order valence-electron chi connectivity index (χ2n) is 7.24. The minimum atomic E-state index is -0.874. The van der Waals surface area contributed by atoms with Gasteiger partial charge < -0.3 is 24.8 Å². The quantitative estimate of drug-likeness (QED) is 0.800. The van der Waals surface area contributed by atoms with Crippen molar-refractivity contribution in [3.05, 3.63) is 59.2 Å². The zero-order valence-electron chi connectivity index (χ0n) is 16.0. The van der Waals surface area contributed by atoms with Gasteiger partial charge in [-0.3, -0.25) is 9.59 Å². The molecule has 2 amide bonds. The predicted octanol–water partition coefficient (Wildman–Crippen LogP) is 2.90. The number of nitrogens with one attached hydrogen (secondary N) is 1. The van der Waals surface area contributed by atoms with E-state index in [9.17, 15) is 23.5 Å². The highest BCUT2D eigenvalue weighted by atomic mass is 19.1. The normalized spacial score (nSPS) is 17.9. The average Bonchev–Trinajstić information content (AvgIpc) is 3.15. The Labute approximate surface area is 171 Å². The lowest BCUT2D eigenvalue weighted by Crippen LogP contribution is -2.47. The molecule has 0 atom stereocenters. The summed E-state index contributed by atoms with van der Waals surface area (Å²) in [6, 6.07) is 6.52. The van der Waals surface area contributed by atoms with Crippen molar-refractivity contribution in [3.8, 4) is 5.75 Å². The van der Waals surface area contributed by atoms with Gasteiger partial charge in [-0.2, -0.15) is 0 Å². The van der Waals surface area contributed by atoms with Gasteiger partial charge in [0.25, 0.3) is 11.8 Å². The second-order valence-corrected chi connectivity index (χ2v) is 7.24. The van der Waals surface area contributed by atoms with Crippen LogP contribution in [0.15, 0.2) is 36.4 Å². The number of phenolic OH excluding ortho intramolecular Hbond substituents is 1. The molecule has 7 nitrogen and oxygen atoms in total. The molecule has 158 valence electrons. The van der Waals surface area contributed by atoms with Gasteiger partial charge in [0.15, 0.2) is 5.79 Å². The van der Waals surface area contributed by atoms with Crippen LogP contribution in [-0.2, 0) is 9.47 Å². The van der Waals surface area contributed by atoms with E-state index in [1.807, 2.05) is 0 Å². The van der Waals surface area contributed by atoms with Crippen LogP contribution in [0.5, 0.6) is 5.75 Å². The van der Waals surface area contributed by atoms with E-state index >= 15 is 0 Å². The Morgan fingerprint density at radius 1 is 1.00 bits per heavy atom. The van der Waals surface area contributed by atoms with E-state index in [-0.39, 0.29) is 28.5 Å². The van der Waals surface area contributed by atoms with E-state index in [0.29, 0.717) is 45.2 Å². The van der Waals surface area contributed by atoms with Crippen molar-refractivity contribution in [1.29, 1.82) is 0 Å². The van der Waals surface area contributed by atoms with Gasteiger partial charge in [0.05, 0.1) is 18.8 Å². The van der Waals surface area contributed by atoms with Crippen LogP contribution in [0, 0.1) is 11.6 Å². The molecule has 2 aliphatic rings. The van der Waals surface area contributed by atoms with Gasteiger partial charge in [-0.1, -0.05) is 0 Å². The number of phenols is 1. The van der Waals surface area contributed by atoms with Crippen molar-refractivity contribution in [2.24, 2.45) is 0 Å².